The fraction of sp³-hybridized carbons (Fsp3) is 0.857. The van der Waals surface area contributed by atoms with Crippen LogP contribution in [0, 0.1) is 5.92 Å². The number of unbranched alkanes of at least 4 members (excludes halogenated alkanes) is 1. The molecule has 1 aliphatic carbocycles. The van der Waals surface area contributed by atoms with Crippen LogP contribution in [0.2, 0.25) is 0 Å². The summed E-state index contributed by atoms with van der Waals surface area (Å²) in [5.41, 5.74) is 9.57. The van der Waals surface area contributed by atoms with Crippen molar-refractivity contribution in [3.05, 3.63) is 0 Å². The zero-order valence-electron chi connectivity index (χ0n) is 12.2. The van der Waals surface area contributed by atoms with Crippen LogP contribution in [0.4, 0.5) is 0 Å². The molecule has 0 aromatic carbocycles. The maximum absolute atomic E-state index is 12.0. The Kier molecular flexibility index (Phi) is 5.18. The summed E-state index contributed by atoms with van der Waals surface area (Å²) in [6, 6.07) is -0.669. The van der Waals surface area contributed by atoms with E-state index >= 15 is 0 Å². The van der Waals surface area contributed by atoms with Crippen LogP contribution in [0.1, 0.15) is 44.9 Å². The molecule has 21 heavy (non-hydrogen) atoms. The molecule has 1 aliphatic heterocycles. The van der Waals surface area contributed by atoms with E-state index in [-0.39, 0.29) is 12.0 Å². The molecule has 0 amide bonds. The second kappa shape index (κ2) is 6.72. The monoisotopic (exact) mass is 299 g/mol. The molecule has 0 spiro atoms. The molecule has 120 valence electrons. The Morgan fingerprint density at radius 2 is 2.14 bits per heavy atom. The van der Waals surface area contributed by atoms with Gasteiger partial charge in [-0.05, 0) is 38.1 Å². The van der Waals surface area contributed by atoms with Crippen LogP contribution in [-0.4, -0.2) is 41.4 Å². The predicted octanol–water partition coefficient (Wildman–Crippen LogP) is -0.0712. The van der Waals surface area contributed by atoms with Gasteiger partial charge >= 0.3 is 11.9 Å². The molecule has 7 nitrogen and oxygen atoms in total. The predicted molar refractivity (Wildman–Crippen MR) is 76.2 cm³/mol. The van der Waals surface area contributed by atoms with E-state index in [2.05, 4.69) is 5.32 Å². The second-order valence-corrected chi connectivity index (χ2v) is 6.09. The van der Waals surface area contributed by atoms with E-state index in [1.807, 2.05) is 0 Å². The smallest absolute Gasteiger partial charge is 0.364 e. The number of esters is 1. The Labute approximate surface area is 124 Å². The van der Waals surface area contributed by atoms with E-state index < -0.39 is 23.7 Å². The SMILES string of the molecule is NCCCCC(N)C(=O)OC1(C(=O)O)CC2CCCC2N1. The summed E-state index contributed by atoms with van der Waals surface area (Å²) in [7, 11) is 0. The molecule has 1 heterocycles. The molecule has 2 fully saturated rings. The standard InChI is InChI=1S/C14H25N3O4/c15-7-2-1-5-10(16)12(18)21-14(13(19)20)8-9-4-3-6-11(9)17-14/h9-11,17H,1-8,15-16H2,(H,19,20). The minimum absolute atomic E-state index is 0.127. The topological polar surface area (TPSA) is 128 Å². The van der Waals surface area contributed by atoms with Crippen LogP contribution in [0.15, 0.2) is 0 Å². The molecule has 6 N–H and O–H groups in total. The van der Waals surface area contributed by atoms with Crippen molar-refractivity contribution in [2.75, 3.05) is 6.54 Å². The lowest BCUT2D eigenvalue weighted by Gasteiger charge is -2.27. The minimum atomic E-state index is -1.60. The molecule has 2 rings (SSSR count). The zero-order chi connectivity index (χ0) is 15.5. The van der Waals surface area contributed by atoms with Crippen molar-refractivity contribution in [3.63, 3.8) is 0 Å². The Morgan fingerprint density at radius 3 is 2.76 bits per heavy atom. The van der Waals surface area contributed by atoms with Crippen molar-refractivity contribution in [3.8, 4) is 0 Å². The van der Waals surface area contributed by atoms with Crippen molar-refractivity contribution in [2.45, 2.75) is 62.8 Å². The number of rotatable bonds is 7. The van der Waals surface area contributed by atoms with E-state index in [1.54, 1.807) is 0 Å². The molecular formula is C14H25N3O4. The van der Waals surface area contributed by atoms with Gasteiger partial charge in [0, 0.05) is 12.5 Å². The number of nitrogens with two attached hydrogens (primary N) is 2. The van der Waals surface area contributed by atoms with Gasteiger partial charge in [0.2, 0.25) is 0 Å². The van der Waals surface area contributed by atoms with Gasteiger partial charge in [-0.1, -0.05) is 12.8 Å². The highest BCUT2D eigenvalue weighted by atomic mass is 16.6. The third-order valence-electron chi connectivity index (χ3n) is 4.52. The Morgan fingerprint density at radius 1 is 1.38 bits per heavy atom. The highest BCUT2D eigenvalue weighted by molar-refractivity contribution is 5.84. The average molecular weight is 299 g/mol. The summed E-state index contributed by atoms with van der Waals surface area (Å²) in [6.45, 7) is 0.547. The number of carboxylic acid groups (broad SMARTS) is 1. The van der Waals surface area contributed by atoms with Crippen LogP contribution in [0.3, 0.4) is 0 Å². The Balaban J connectivity index is 1.94. The third-order valence-corrected chi connectivity index (χ3v) is 4.52. The van der Waals surface area contributed by atoms with Crippen molar-refractivity contribution < 1.29 is 19.4 Å². The van der Waals surface area contributed by atoms with Gasteiger partial charge in [0.05, 0.1) is 0 Å². The first-order valence-corrected chi connectivity index (χ1v) is 7.68. The molecule has 7 heteroatoms. The fourth-order valence-electron chi connectivity index (χ4n) is 3.34. The van der Waals surface area contributed by atoms with Crippen molar-refractivity contribution in [2.24, 2.45) is 17.4 Å². The Bertz CT molecular complexity index is 390. The lowest BCUT2D eigenvalue weighted by atomic mass is 10.00. The number of carbonyl (C=O) groups is 2. The molecular weight excluding hydrogens is 274 g/mol. The third kappa shape index (κ3) is 3.53. The summed E-state index contributed by atoms with van der Waals surface area (Å²) >= 11 is 0. The Hall–Kier alpha value is -1.18. The molecule has 2 aliphatic rings. The van der Waals surface area contributed by atoms with Gasteiger partial charge in [-0.25, -0.2) is 4.79 Å². The van der Waals surface area contributed by atoms with Crippen LogP contribution < -0.4 is 16.8 Å². The van der Waals surface area contributed by atoms with E-state index in [9.17, 15) is 14.7 Å². The van der Waals surface area contributed by atoms with Crippen molar-refractivity contribution >= 4 is 11.9 Å². The molecule has 1 saturated carbocycles. The maximum atomic E-state index is 12.0. The van der Waals surface area contributed by atoms with Gasteiger partial charge in [-0.3, -0.25) is 10.1 Å². The number of fused-ring (bicyclic) bond motifs is 1. The van der Waals surface area contributed by atoms with E-state index in [0.29, 0.717) is 19.4 Å². The second-order valence-electron chi connectivity index (χ2n) is 6.09. The fourth-order valence-corrected chi connectivity index (χ4v) is 3.34. The summed E-state index contributed by atoms with van der Waals surface area (Å²) in [4.78, 5) is 23.6. The van der Waals surface area contributed by atoms with E-state index in [0.717, 1.165) is 32.1 Å². The molecule has 0 radical (unpaired) electrons. The lowest BCUT2D eigenvalue weighted by Crippen LogP contribution is -2.55. The van der Waals surface area contributed by atoms with Gasteiger partial charge < -0.3 is 21.3 Å². The average Bonchev–Trinajstić information content (AvgIpc) is 2.98. The molecule has 4 unspecified atom stereocenters. The van der Waals surface area contributed by atoms with Gasteiger partial charge in [0.15, 0.2) is 0 Å². The van der Waals surface area contributed by atoms with Crippen molar-refractivity contribution in [1.82, 2.24) is 5.32 Å². The largest absolute Gasteiger partial charge is 0.477 e. The molecule has 0 bridgehead atoms. The van der Waals surface area contributed by atoms with Crippen LogP contribution in [-0.2, 0) is 14.3 Å². The summed E-state index contributed by atoms with van der Waals surface area (Å²) in [6.07, 6.45) is 5.29. The number of ether oxygens (including phenoxy) is 1. The van der Waals surface area contributed by atoms with Gasteiger partial charge in [0.1, 0.15) is 6.04 Å². The van der Waals surface area contributed by atoms with Crippen LogP contribution in [0.25, 0.3) is 0 Å². The highest BCUT2D eigenvalue weighted by Gasteiger charge is 2.54. The zero-order valence-corrected chi connectivity index (χ0v) is 12.2. The summed E-state index contributed by atoms with van der Waals surface area (Å²) in [5, 5.41) is 12.5. The minimum Gasteiger partial charge on any atom is -0.477 e. The van der Waals surface area contributed by atoms with Gasteiger partial charge in [-0.15, -0.1) is 0 Å². The first-order valence-electron chi connectivity index (χ1n) is 7.68. The number of carboxylic acids is 1. The summed E-state index contributed by atoms with van der Waals surface area (Å²) in [5.74, 6) is -1.52. The summed E-state index contributed by atoms with van der Waals surface area (Å²) < 4.78 is 5.28. The van der Waals surface area contributed by atoms with Gasteiger partial charge in [-0.2, -0.15) is 0 Å². The maximum Gasteiger partial charge on any atom is 0.364 e. The number of hydrogen-bond donors (Lipinski definition) is 4. The number of aliphatic carboxylic acids is 1. The van der Waals surface area contributed by atoms with Crippen LogP contribution in [0.5, 0.6) is 0 Å². The normalized spacial score (nSPS) is 32.7. The lowest BCUT2D eigenvalue weighted by molar-refractivity contribution is -0.183. The van der Waals surface area contributed by atoms with E-state index in [1.165, 1.54) is 0 Å². The first kappa shape index (κ1) is 16.2. The first-order chi connectivity index (χ1) is 9.98. The number of nitrogens with one attached hydrogen (secondary N) is 1. The number of hydrogen-bond acceptors (Lipinski definition) is 6. The molecule has 4 atom stereocenters. The van der Waals surface area contributed by atoms with Crippen LogP contribution >= 0.6 is 0 Å². The quantitative estimate of drug-likeness (QED) is 0.382. The molecule has 0 aromatic rings. The van der Waals surface area contributed by atoms with E-state index in [4.69, 9.17) is 16.2 Å². The van der Waals surface area contributed by atoms with Gasteiger partial charge in [0.25, 0.3) is 5.72 Å². The highest BCUT2D eigenvalue weighted by Crippen LogP contribution is 2.40. The van der Waals surface area contributed by atoms with Crippen molar-refractivity contribution in [1.29, 1.82) is 0 Å². The number of carbonyl (C=O) groups excluding carboxylic acids is 1. The molecule has 1 saturated heterocycles. The molecule has 0 aromatic heterocycles.